The third-order valence-corrected chi connectivity index (χ3v) is 4.50. The van der Waals surface area contributed by atoms with Crippen LogP contribution in [0.4, 0.5) is 21.8 Å². The average molecular weight is 382 g/mol. The monoisotopic (exact) mass is 381 g/mol. The van der Waals surface area contributed by atoms with E-state index in [0.29, 0.717) is 17.5 Å². The quantitative estimate of drug-likeness (QED) is 0.432. The molecule has 4 aromatic rings. The number of fused-ring (bicyclic) bond motifs is 1. The molecule has 5 nitrogen and oxygen atoms in total. The highest BCUT2D eigenvalue weighted by Crippen LogP contribution is 2.22. The van der Waals surface area contributed by atoms with E-state index < -0.39 is 5.82 Å². The molecule has 0 radical (unpaired) electrons. The van der Waals surface area contributed by atoms with Gasteiger partial charge in [-0.25, -0.2) is 9.37 Å². The molecule has 0 saturated heterocycles. The third-order valence-electron chi connectivity index (χ3n) is 4.21. The summed E-state index contributed by atoms with van der Waals surface area (Å²) in [6, 6.07) is 14.4. The molecule has 2 aromatic heterocycles. The van der Waals surface area contributed by atoms with E-state index in [2.05, 4.69) is 37.7 Å². The van der Waals surface area contributed by atoms with Gasteiger partial charge < -0.3 is 15.6 Å². The summed E-state index contributed by atoms with van der Waals surface area (Å²) >= 11 is 5.80. The van der Waals surface area contributed by atoms with Crippen molar-refractivity contribution < 1.29 is 4.39 Å². The third kappa shape index (κ3) is 4.01. The van der Waals surface area contributed by atoms with E-state index in [-0.39, 0.29) is 5.02 Å². The Hall–Kier alpha value is -3.12. The van der Waals surface area contributed by atoms with Crippen LogP contribution in [0.25, 0.3) is 10.9 Å². The molecule has 0 atom stereocenters. The lowest BCUT2D eigenvalue weighted by Crippen LogP contribution is -2.07. The van der Waals surface area contributed by atoms with Gasteiger partial charge in [-0.1, -0.05) is 29.8 Å². The number of para-hydroxylation sites is 1. The molecule has 27 heavy (non-hydrogen) atoms. The first-order valence-electron chi connectivity index (χ1n) is 8.53. The van der Waals surface area contributed by atoms with Crippen LogP contribution in [-0.2, 0) is 6.42 Å². The Balaban J connectivity index is 1.39. The number of rotatable bonds is 6. The largest absolute Gasteiger partial charge is 0.370 e. The highest BCUT2D eigenvalue weighted by molar-refractivity contribution is 6.31. The molecule has 0 fully saturated rings. The predicted molar refractivity (Wildman–Crippen MR) is 107 cm³/mol. The van der Waals surface area contributed by atoms with Gasteiger partial charge in [0.25, 0.3) is 0 Å². The number of anilines is 3. The van der Waals surface area contributed by atoms with Crippen LogP contribution in [-0.4, -0.2) is 21.5 Å². The number of H-pyrrole nitrogens is 1. The van der Waals surface area contributed by atoms with Gasteiger partial charge in [0.1, 0.15) is 11.6 Å². The first kappa shape index (κ1) is 17.3. The molecule has 0 saturated carbocycles. The second-order valence-electron chi connectivity index (χ2n) is 6.06. The molecular weight excluding hydrogens is 365 g/mol. The molecule has 2 aromatic carbocycles. The summed E-state index contributed by atoms with van der Waals surface area (Å²) in [5.74, 6) is 0.658. The zero-order valence-electron chi connectivity index (χ0n) is 14.3. The number of hydrogen-bond acceptors (Lipinski definition) is 4. The zero-order chi connectivity index (χ0) is 18.6. The molecule has 2 heterocycles. The van der Waals surface area contributed by atoms with Crippen LogP contribution < -0.4 is 10.6 Å². The normalized spacial score (nSPS) is 10.9. The number of aromatic nitrogens is 3. The van der Waals surface area contributed by atoms with Gasteiger partial charge in [-0.3, -0.25) is 0 Å². The van der Waals surface area contributed by atoms with E-state index in [1.54, 1.807) is 18.3 Å². The van der Waals surface area contributed by atoms with Gasteiger partial charge in [0, 0.05) is 35.5 Å². The van der Waals surface area contributed by atoms with Gasteiger partial charge in [-0.15, -0.1) is 0 Å². The number of halogens is 2. The zero-order valence-corrected chi connectivity index (χ0v) is 15.1. The van der Waals surface area contributed by atoms with E-state index in [1.165, 1.54) is 23.1 Å². The van der Waals surface area contributed by atoms with Gasteiger partial charge in [0.15, 0.2) is 0 Å². The summed E-state index contributed by atoms with van der Waals surface area (Å²) in [7, 11) is 0. The van der Waals surface area contributed by atoms with E-state index in [9.17, 15) is 4.39 Å². The van der Waals surface area contributed by atoms with Crippen molar-refractivity contribution in [2.24, 2.45) is 0 Å². The fourth-order valence-electron chi connectivity index (χ4n) is 2.88. The summed E-state index contributed by atoms with van der Waals surface area (Å²) < 4.78 is 13.3. The van der Waals surface area contributed by atoms with E-state index >= 15 is 0 Å². The maximum Gasteiger partial charge on any atom is 0.229 e. The van der Waals surface area contributed by atoms with Crippen molar-refractivity contribution in [1.29, 1.82) is 0 Å². The highest BCUT2D eigenvalue weighted by atomic mass is 35.5. The van der Waals surface area contributed by atoms with Crippen molar-refractivity contribution >= 4 is 40.0 Å². The molecule has 0 spiro atoms. The summed E-state index contributed by atoms with van der Waals surface area (Å²) in [4.78, 5) is 11.9. The topological polar surface area (TPSA) is 65.6 Å². The summed E-state index contributed by atoms with van der Waals surface area (Å²) in [5.41, 5.74) is 3.02. The fraction of sp³-hybridized carbons (Fsp3) is 0.100. The first-order chi connectivity index (χ1) is 13.2. The molecule has 3 N–H and O–H groups in total. The van der Waals surface area contributed by atoms with Crippen molar-refractivity contribution in [3.63, 3.8) is 0 Å². The predicted octanol–water partition coefficient (Wildman–Crippen LogP) is 5.15. The van der Waals surface area contributed by atoms with Crippen molar-refractivity contribution in [3.05, 3.63) is 77.3 Å². The van der Waals surface area contributed by atoms with Gasteiger partial charge in [0.2, 0.25) is 5.95 Å². The van der Waals surface area contributed by atoms with Crippen LogP contribution in [0.2, 0.25) is 5.02 Å². The molecule has 136 valence electrons. The second kappa shape index (κ2) is 7.63. The van der Waals surface area contributed by atoms with Gasteiger partial charge in [-0.2, -0.15) is 4.98 Å². The number of aromatic amines is 1. The summed E-state index contributed by atoms with van der Waals surface area (Å²) in [6.45, 7) is 0.737. The number of nitrogens with one attached hydrogen (secondary N) is 3. The molecule has 0 bridgehead atoms. The molecule has 0 unspecified atom stereocenters. The standard InChI is InChI=1S/C20H17ClFN5/c21-16-11-14(5-6-17(16)22)26-20-24-10-8-19(27-20)23-9-7-13-12-25-18-4-2-1-3-15(13)18/h1-6,8,10-12,25H,7,9H2,(H2,23,24,26,27). The minimum absolute atomic E-state index is 0.0491. The first-order valence-corrected chi connectivity index (χ1v) is 8.91. The van der Waals surface area contributed by atoms with Crippen LogP contribution in [0.5, 0.6) is 0 Å². The lowest BCUT2D eigenvalue weighted by molar-refractivity contribution is 0.628. The van der Waals surface area contributed by atoms with E-state index in [0.717, 1.165) is 18.5 Å². The Labute approximate surface area is 160 Å². The van der Waals surface area contributed by atoms with Crippen molar-refractivity contribution in [3.8, 4) is 0 Å². The number of nitrogens with zero attached hydrogens (tertiary/aromatic N) is 2. The van der Waals surface area contributed by atoms with Gasteiger partial charge >= 0.3 is 0 Å². The van der Waals surface area contributed by atoms with Crippen molar-refractivity contribution in [2.75, 3.05) is 17.2 Å². The molecule has 0 aliphatic carbocycles. The minimum Gasteiger partial charge on any atom is -0.370 e. The Morgan fingerprint density at radius 3 is 2.89 bits per heavy atom. The van der Waals surface area contributed by atoms with Crippen LogP contribution >= 0.6 is 11.6 Å². The van der Waals surface area contributed by atoms with Crippen molar-refractivity contribution in [1.82, 2.24) is 15.0 Å². The lowest BCUT2D eigenvalue weighted by atomic mass is 10.1. The van der Waals surface area contributed by atoms with Crippen LogP contribution in [0, 0.1) is 5.82 Å². The van der Waals surface area contributed by atoms with E-state index in [1.807, 2.05) is 18.3 Å². The van der Waals surface area contributed by atoms with Gasteiger partial charge in [-0.05, 0) is 42.3 Å². The summed E-state index contributed by atoms with van der Waals surface area (Å²) in [5, 5.41) is 7.61. The lowest BCUT2D eigenvalue weighted by Gasteiger charge is -2.09. The Morgan fingerprint density at radius 1 is 1.11 bits per heavy atom. The van der Waals surface area contributed by atoms with Crippen molar-refractivity contribution in [2.45, 2.75) is 6.42 Å². The molecule has 0 aliphatic rings. The van der Waals surface area contributed by atoms with Crippen LogP contribution in [0.15, 0.2) is 60.9 Å². The Bertz CT molecular complexity index is 1080. The van der Waals surface area contributed by atoms with Crippen LogP contribution in [0.1, 0.15) is 5.56 Å². The molecular formula is C20H17ClFN5. The minimum atomic E-state index is -0.462. The molecule has 0 amide bonds. The Morgan fingerprint density at radius 2 is 2.00 bits per heavy atom. The smallest absolute Gasteiger partial charge is 0.229 e. The number of hydrogen-bond donors (Lipinski definition) is 3. The maximum absolute atomic E-state index is 13.3. The Kier molecular flexibility index (Phi) is 4.89. The fourth-order valence-corrected chi connectivity index (χ4v) is 3.06. The SMILES string of the molecule is Fc1ccc(Nc2nccc(NCCc3c[nH]c4ccccc34)n2)cc1Cl. The highest BCUT2D eigenvalue weighted by Gasteiger charge is 2.05. The summed E-state index contributed by atoms with van der Waals surface area (Å²) in [6.07, 6.45) is 4.57. The average Bonchev–Trinajstić information content (AvgIpc) is 3.09. The van der Waals surface area contributed by atoms with E-state index in [4.69, 9.17) is 11.6 Å². The molecule has 4 rings (SSSR count). The number of benzene rings is 2. The second-order valence-corrected chi connectivity index (χ2v) is 6.46. The molecule has 0 aliphatic heterocycles. The van der Waals surface area contributed by atoms with Gasteiger partial charge in [0.05, 0.1) is 5.02 Å². The molecule has 7 heteroatoms. The maximum atomic E-state index is 13.3. The van der Waals surface area contributed by atoms with Crippen LogP contribution in [0.3, 0.4) is 0 Å².